The minimum Gasteiger partial charge on any atom is -0.482 e. The quantitative estimate of drug-likeness (QED) is 0.791. The van der Waals surface area contributed by atoms with E-state index in [1.54, 1.807) is 11.5 Å². The second-order valence-corrected chi connectivity index (χ2v) is 5.77. The van der Waals surface area contributed by atoms with Crippen LogP contribution in [0.5, 0.6) is 5.75 Å². The van der Waals surface area contributed by atoms with Crippen LogP contribution in [0.2, 0.25) is 0 Å². The molecule has 0 spiro atoms. The normalized spacial score (nSPS) is 9.54. The molecule has 1 aromatic carbocycles. The third-order valence-corrected chi connectivity index (χ3v) is 3.35. The average molecular weight is 362 g/mol. The van der Waals surface area contributed by atoms with E-state index in [0.717, 1.165) is 12.0 Å². The van der Waals surface area contributed by atoms with Gasteiger partial charge in [0, 0.05) is 18.3 Å². The minimum atomic E-state index is -1.16. The molecule has 0 unspecified atom stereocenters. The third kappa shape index (κ3) is 6.37. The zero-order valence-electron chi connectivity index (χ0n) is 16.1. The lowest BCUT2D eigenvalue weighted by atomic mass is 10.2. The van der Waals surface area contributed by atoms with Gasteiger partial charge in [0.1, 0.15) is 6.61 Å². The number of hydrogen-bond donors (Lipinski definition) is 2. The van der Waals surface area contributed by atoms with Gasteiger partial charge in [-0.15, -0.1) is 0 Å². The summed E-state index contributed by atoms with van der Waals surface area (Å²) in [6.45, 7) is 8.61. The Morgan fingerprint density at radius 1 is 1.15 bits per heavy atom. The lowest BCUT2D eigenvalue weighted by Crippen LogP contribution is -2.22. The van der Waals surface area contributed by atoms with Crippen molar-refractivity contribution in [1.29, 1.82) is 0 Å². The summed E-state index contributed by atoms with van der Waals surface area (Å²) in [5, 5.41) is 9.48. The number of aromatic nitrogens is 1. The molecule has 1 heterocycles. The Labute approximate surface area is 155 Å². The van der Waals surface area contributed by atoms with E-state index in [2.05, 4.69) is 13.8 Å². The first-order valence-electron chi connectivity index (χ1n) is 8.60. The molecule has 0 fully saturated rings. The number of aryl methyl sites for hydroxylation is 1. The summed E-state index contributed by atoms with van der Waals surface area (Å²) in [4.78, 5) is 23.7. The molecule has 144 valence electrons. The Bertz CT molecular complexity index is 739. The van der Waals surface area contributed by atoms with Crippen LogP contribution in [0.15, 0.2) is 41.2 Å². The van der Waals surface area contributed by atoms with Crippen molar-refractivity contribution in [3.8, 4) is 5.75 Å². The average Bonchev–Trinajstić information content (AvgIpc) is 2.57. The van der Waals surface area contributed by atoms with Crippen LogP contribution in [0.1, 0.15) is 55.4 Å². The fourth-order valence-electron chi connectivity index (χ4n) is 2.34. The first kappa shape index (κ1) is 23.4. The third-order valence-electron chi connectivity index (χ3n) is 3.35. The molecular formula is C20H30N2O4. The van der Waals surface area contributed by atoms with Gasteiger partial charge in [-0.25, -0.2) is 4.79 Å². The molecule has 0 bridgehead atoms. The number of benzene rings is 1. The molecule has 0 saturated heterocycles. The van der Waals surface area contributed by atoms with E-state index in [4.69, 9.17) is 4.74 Å². The molecule has 0 radical (unpaired) electrons. The Morgan fingerprint density at radius 2 is 1.73 bits per heavy atom. The Hall–Kier alpha value is -2.60. The van der Waals surface area contributed by atoms with Gasteiger partial charge >= 0.3 is 5.97 Å². The zero-order chi connectivity index (χ0) is 18.8. The Kier molecular flexibility index (Phi) is 10.7. The Morgan fingerprint density at radius 3 is 2.23 bits per heavy atom. The molecule has 2 rings (SSSR count). The van der Waals surface area contributed by atoms with Crippen LogP contribution in [-0.2, 0) is 13.2 Å². The van der Waals surface area contributed by atoms with Crippen molar-refractivity contribution in [2.45, 2.75) is 53.7 Å². The molecular weight excluding hydrogens is 332 g/mol. The number of carbonyl (C=O) groups is 1. The maximum Gasteiger partial charge on any atom is 0.356 e. The topological polar surface area (TPSA) is 104 Å². The number of ether oxygens (including phenoxy) is 1. The molecule has 0 amide bonds. The standard InChI is InChI=1S/C17H19NO4.C3H8.H3N/c1-3-9-18-12(2)10-14(19)16(15(18)17(20)21)22-11-13-7-5-4-6-8-13;1-3-2;/h4-8,10H,3,9,11H2,1-2H3,(H,20,21);3H2,1-2H3;1H3. The van der Waals surface area contributed by atoms with Gasteiger partial charge in [0.2, 0.25) is 5.43 Å². The summed E-state index contributed by atoms with van der Waals surface area (Å²) in [6.07, 6.45) is 2.02. The summed E-state index contributed by atoms with van der Waals surface area (Å²) in [7, 11) is 0. The van der Waals surface area contributed by atoms with Crippen molar-refractivity contribution in [2.24, 2.45) is 0 Å². The van der Waals surface area contributed by atoms with Gasteiger partial charge in [-0.05, 0) is 18.9 Å². The molecule has 0 saturated carbocycles. The SMILES string of the molecule is CCC.CCCn1c(C)cc(=O)c(OCc2ccccc2)c1C(=O)O.N. The van der Waals surface area contributed by atoms with E-state index in [1.807, 2.05) is 37.3 Å². The zero-order valence-corrected chi connectivity index (χ0v) is 16.1. The Balaban J connectivity index is 0.00000146. The highest BCUT2D eigenvalue weighted by atomic mass is 16.5. The summed E-state index contributed by atoms with van der Waals surface area (Å²) in [5.41, 5.74) is 1.01. The smallest absolute Gasteiger partial charge is 0.356 e. The number of hydrogen-bond acceptors (Lipinski definition) is 4. The van der Waals surface area contributed by atoms with Gasteiger partial charge in [0.15, 0.2) is 11.4 Å². The second kappa shape index (κ2) is 11.9. The van der Waals surface area contributed by atoms with E-state index >= 15 is 0 Å². The molecule has 0 aliphatic rings. The summed E-state index contributed by atoms with van der Waals surface area (Å²) in [6, 6.07) is 10.7. The van der Waals surface area contributed by atoms with Gasteiger partial charge in [-0.2, -0.15) is 0 Å². The van der Waals surface area contributed by atoms with Gasteiger partial charge < -0.3 is 20.6 Å². The number of aromatic carboxylic acids is 1. The molecule has 4 N–H and O–H groups in total. The van der Waals surface area contributed by atoms with Crippen molar-refractivity contribution in [3.63, 3.8) is 0 Å². The predicted molar refractivity (Wildman–Crippen MR) is 104 cm³/mol. The van der Waals surface area contributed by atoms with Crippen LogP contribution >= 0.6 is 0 Å². The molecule has 6 heteroatoms. The van der Waals surface area contributed by atoms with Crippen molar-refractivity contribution in [1.82, 2.24) is 10.7 Å². The van der Waals surface area contributed by atoms with Crippen LogP contribution in [0.4, 0.5) is 0 Å². The van der Waals surface area contributed by atoms with E-state index in [1.165, 1.54) is 12.5 Å². The molecule has 26 heavy (non-hydrogen) atoms. The van der Waals surface area contributed by atoms with Crippen molar-refractivity contribution in [3.05, 3.63) is 63.6 Å². The van der Waals surface area contributed by atoms with Gasteiger partial charge in [-0.3, -0.25) is 4.79 Å². The van der Waals surface area contributed by atoms with Gasteiger partial charge in [-0.1, -0.05) is 57.5 Å². The molecule has 0 aliphatic carbocycles. The predicted octanol–water partition coefficient (Wildman–Crippen LogP) is 4.42. The fourth-order valence-corrected chi connectivity index (χ4v) is 2.34. The number of rotatable bonds is 6. The van der Waals surface area contributed by atoms with Gasteiger partial charge in [0.25, 0.3) is 0 Å². The maximum atomic E-state index is 12.1. The second-order valence-electron chi connectivity index (χ2n) is 5.77. The molecule has 6 nitrogen and oxygen atoms in total. The highest BCUT2D eigenvalue weighted by Crippen LogP contribution is 2.18. The first-order chi connectivity index (χ1) is 12.0. The number of pyridine rings is 1. The molecule has 2 aromatic rings. The van der Waals surface area contributed by atoms with Crippen LogP contribution < -0.4 is 16.3 Å². The van der Waals surface area contributed by atoms with Crippen molar-refractivity contribution in [2.75, 3.05) is 0 Å². The molecule has 0 atom stereocenters. The minimum absolute atomic E-state index is 0. The van der Waals surface area contributed by atoms with Crippen LogP contribution in [-0.4, -0.2) is 15.6 Å². The van der Waals surface area contributed by atoms with E-state index in [9.17, 15) is 14.7 Å². The van der Waals surface area contributed by atoms with E-state index < -0.39 is 11.4 Å². The number of carboxylic acid groups (broad SMARTS) is 1. The lowest BCUT2D eigenvalue weighted by molar-refractivity contribution is 0.0676. The highest BCUT2D eigenvalue weighted by Gasteiger charge is 2.21. The molecule has 0 aliphatic heterocycles. The molecule has 1 aromatic heterocycles. The fraction of sp³-hybridized carbons (Fsp3) is 0.400. The van der Waals surface area contributed by atoms with Crippen molar-refractivity contribution >= 4 is 5.97 Å². The maximum absolute atomic E-state index is 12.1. The van der Waals surface area contributed by atoms with E-state index in [-0.39, 0.29) is 24.2 Å². The summed E-state index contributed by atoms with van der Waals surface area (Å²) < 4.78 is 7.16. The van der Waals surface area contributed by atoms with Crippen molar-refractivity contribution < 1.29 is 14.6 Å². The lowest BCUT2D eigenvalue weighted by Gasteiger charge is -2.17. The first-order valence-corrected chi connectivity index (χ1v) is 8.60. The van der Waals surface area contributed by atoms with Crippen LogP contribution in [0.25, 0.3) is 0 Å². The largest absolute Gasteiger partial charge is 0.482 e. The summed E-state index contributed by atoms with van der Waals surface area (Å²) >= 11 is 0. The van der Waals surface area contributed by atoms with Crippen LogP contribution in [0, 0.1) is 6.92 Å². The number of carboxylic acids is 1. The summed E-state index contributed by atoms with van der Waals surface area (Å²) in [5.74, 6) is -1.26. The number of nitrogens with zero attached hydrogens (tertiary/aromatic N) is 1. The highest BCUT2D eigenvalue weighted by molar-refractivity contribution is 5.89. The monoisotopic (exact) mass is 362 g/mol. The van der Waals surface area contributed by atoms with Crippen LogP contribution in [0.3, 0.4) is 0 Å². The van der Waals surface area contributed by atoms with E-state index in [0.29, 0.717) is 12.2 Å². The van der Waals surface area contributed by atoms with Gasteiger partial charge in [0.05, 0.1) is 0 Å².